The Morgan fingerprint density at radius 2 is 0.692 bits per heavy atom. The Morgan fingerprint density at radius 1 is 0.365 bits per heavy atom. The van der Waals surface area contributed by atoms with Gasteiger partial charge in [-0.2, -0.15) is 15.3 Å². The predicted octanol–water partition coefficient (Wildman–Crippen LogP) is 13.4. The minimum Gasteiger partial charge on any atom is -0.317 e. The molecule has 18 rings (SSSR count). The van der Waals surface area contributed by atoms with E-state index in [4.69, 9.17) is 9.97 Å². The number of carbonyl (C=O) groups excluding carboxylic acids is 1. The Morgan fingerprint density at radius 3 is 1.00 bits per heavy atom. The van der Waals surface area contributed by atoms with E-state index in [1.54, 1.807) is 136 Å². The van der Waals surface area contributed by atoms with Crippen LogP contribution in [0.25, 0.3) is 83.2 Å². The molecule has 0 aliphatic heterocycles. The summed E-state index contributed by atoms with van der Waals surface area (Å²) in [4.78, 5) is 26.8. The van der Waals surface area contributed by atoms with Crippen molar-refractivity contribution in [2.45, 2.75) is 104 Å². The second kappa shape index (κ2) is 27.6. The fraction of sp³-hybridized carbons (Fsp3) is 0.312. The summed E-state index contributed by atoms with van der Waals surface area (Å²) < 4.78 is 90.3. The van der Waals surface area contributed by atoms with Gasteiger partial charge in [-0.1, -0.05) is 72.8 Å². The maximum Gasteiger partial charge on any atom is 0.269 e. The van der Waals surface area contributed by atoms with Gasteiger partial charge in [0.1, 0.15) is 5.78 Å². The lowest BCUT2D eigenvalue weighted by molar-refractivity contribution is -0.122. The van der Waals surface area contributed by atoms with Gasteiger partial charge in [0.05, 0.1) is 33.3 Å². The van der Waals surface area contributed by atoms with Gasteiger partial charge in [-0.05, 0) is 202 Å². The smallest absolute Gasteiger partial charge is 0.269 e. The van der Waals surface area contributed by atoms with E-state index < -0.39 is 30.1 Å². The van der Waals surface area contributed by atoms with Crippen molar-refractivity contribution >= 4 is 85.7 Å². The molecule has 8 atom stereocenters. The normalized spacial score (nSPS) is 21.7. The number of rotatable bonds is 14. The molecule has 6 bridgehead atoms. The van der Waals surface area contributed by atoms with Crippen LogP contribution in [0.3, 0.4) is 0 Å². The van der Waals surface area contributed by atoms with Crippen molar-refractivity contribution in [2.24, 2.45) is 56.7 Å². The number of allylic oxidation sites excluding steroid dienone is 6. The molecule has 2 N–H and O–H groups in total. The standard InChI is InChI=1S/2C27H29N5O2S.C26H24N4O3S/c2*1-28-23-11-18-8-19(12-23)10-20(9-18)21-13-25-26(22-15-30-31(2)16-22)17-32(27(25)29-14-21)35(33,34)24-6-4-3-5-7-24;1-29-15-21(14-28-29)25-16-30(34(32,33)23-5-3-2-4-6-23)26-24(25)12-20(13-27-26)19-8-17-7-18(9-19)11-22(31)10-17/h2*3-7,9,13-19,23,28H,8,10-12H2,1-2H3;2-6,8,12-18H,7,9-11H2,1H3. The molecule has 6 aliphatic carbocycles. The third-order valence-electron chi connectivity index (χ3n) is 21.9. The Hall–Kier alpha value is -9.98. The number of aromatic nitrogens is 12. The van der Waals surface area contributed by atoms with Crippen LogP contribution in [0.1, 0.15) is 93.7 Å². The second-order valence-electron chi connectivity index (χ2n) is 29.1. The third kappa shape index (κ3) is 13.2. The summed E-state index contributed by atoms with van der Waals surface area (Å²) >= 11 is 0. The van der Waals surface area contributed by atoms with Gasteiger partial charge in [0.15, 0.2) is 16.9 Å². The van der Waals surface area contributed by atoms with Gasteiger partial charge in [0, 0.05) is 151 Å². The first-order chi connectivity index (χ1) is 50.2. The number of nitrogens with zero attached hydrogens (tertiary/aromatic N) is 12. The van der Waals surface area contributed by atoms with Crippen LogP contribution in [0.4, 0.5) is 0 Å². The van der Waals surface area contributed by atoms with E-state index in [1.165, 1.54) is 67.2 Å². The summed E-state index contributed by atoms with van der Waals surface area (Å²) in [6, 6.07) is 32.9. The lowest BCUT2D eigenvalue weighted by Crippen LogP contribution is -2.36. The molecule has 8 unspecified atom stereocenters. The summed E-state index contributed by atoms with van der Waals surface area (Å²) in [6.45, 7) is 0. The first kappa shape index (κ1) is 68.4. The molecule has 0 radical (unpaired) electrons. The zero-order valence-corrected chi connectivity index (χ0v) is 61.1. The summed E-state index contributed by atoms with van der Waals surface area (Å²) in [7, 11) is -1.76. The van der Waals surface area contributed by atoms with Gasteiger partial charge >= 0.3 is 0 Å². The molecule has 0 spiro atoms. The first-order valence-electron chi connectivity index (χ1n) is 35.6. The zero-order valence-electron chi connectivity index (χ0n) is 58.6. The minimum atomic E-state index is -3.83. The number of nitrogens with one attached hydrogen (secondary N) is 2. The summed E-state index contributed by atoms with van der Waals surface area (Å²) in [5.41, 5.74) is 13.2. The third-order valence-corrected chi connectivity index (χ3v) is 26.9. The zero-order chi connectivity index (χ0) is 71.8. The Kier molecular flexibility index (Phi) is 18.1. The van der Waals surface area contributed by atoms with Crippen molar-refractivity contribution in [1.82, 2.24) is 66.8 Å². The number of pyridine rings is 3. The molecule has 532 valence electrons. The highest BCUT2D eigenvalue weighted by molar-refractivity contribution is 7.90. The van der Waals surface area contributed by atoms with Crippen LogP contribution in [0, 0.1) is 35.5 Å². The molecule has 3 aromatic carbocycles. The highest BCUT2D eigenvalue weighted by Crippen LogP contribution is 2.47. The molecule has 6 aliphatic rings. The van der Waals surface area contributed by atoms with E-state index in [1.807, 2.05) is 70.3 Å². The van der Waals surface area contributed by atoms with Gasteiger partial charge in [0.25, 0.3) is 30.1 Å². The molecule has 104 heavy (non-hydrogen) atoms. The van der Waals surface area contributed by atoms with Gasteiger partial charge < -0.3 is 10.6 Å². The van der Waals surface area contributed by atoms with Crippen molar-refractivity contribution < 1.29 is 30.0 Å². The molecule has 0 saturated heterocycles. The largest absolute Gasteiger partial charge is 0.317 e. The van der Waals surface area contributed by atoms with Crippen LogP contribution in [-0.2, 0) is 56.0 Å². The molecule has 9 heterocycles. The molecular formula is C80H82N14O7S3. The highest BCUT2D eigenvalue weighted by Gasteiger charge is 2.36. The van der Waals surface area contributed by atoms with E-state index >= 15 is 0 Å². The van der Waals surface area contributed by atoms with Crippen LogP contribution in [-0.4, -0.2) is 113 Å². The van der Waals surface area contributed by atoms with Crippen LogP contribution in [0.5, 0.6) is 0 Å². The van der Waals surface area contributed by atoms with E-state index in [0.717, 1.165) is 91.9 Å². The maximum atomic E-state index is 13.6. The van der Waals surface area contributed by atoms with Gasteiger partial charge in [-0.15, -0.1) is 0 Å². The van der Waals surface area contributed by atoms with Crippen molar-refractivity contribution in [1.29, 1.82) is 0 Å². The van der Waals surface area contributed by atoms with E-state index in [0.29, 0.717) is 77.2 Å². The SMILES string of the molecule is CNC1CC2C=C(c3cnc4c(c3)c(-c3cnn(C)c3)cn4S(=O)(=O)c3ccccc3)CC(C2)C1.CNC1CC2C=C(c3cnc4c(c3)c(-c3cnn(C)c3)cn4S(=O)(=O)c3ccccc3)CC(C2)C1.Cn1cc(-c2cn(S(=O)(=O)c3ccccc3)c3ncc(C4=CC5CC(=O)CC(C4)C5)cc23)cn1. The van der Waals surface area contributed by atoms with E-state index in [-0.39, 0.29) is 20.6 Å². The number of benzene rings is 3. The Bertz CT molecular complexity index is 5520. The summed E-state index contributed by atoms with van der Waals surface area (Å²) in [5.74, 6) is 3.50. The Balaban J connectivity index is 0.000000120. The average Bonchev–Trinajstić information content (AvgIpc) is 1.59. The molecule has 9 aromatic heterocycles. The summed E-state index contributed by atoms with van der Waals surface area (Å²) in [6.07, 6.45) is 41.0. The van der Waals surface area contributed by atoms with Crippen molar-refractivity contribution in [2.75, 3.05) is 14.1 Å². The topological polar surface area (TPSA) is 250 Å². The predicted molar refractivity (Wildman–Crippen MR) is 404 cm³/mol. The number of fused-ring (bicyclic) bond motifs is 9. The molecular weight excluding hydrogens is 1370 g/mol. The Labute approximate surface area is 605 Å². The number of Topliss-reactive ketones (excluding diaryl/α,β-unsaturated/α-hetero) is 1. The number of hydrogen-bond acceptors (Lipinski definition) is 15. The van der Waals surface area contributed by atoms with Crippen molar-refractivity contribution in [3.05, 3.63) is 218 Å². The number of carbonyl (C=O) groups is 1. The molecule has 12 aromatic rings. The first-order valence-corrected chi connectivity index (χ1v) is 40.0. The quantitative estimate of drug-likeness (QED) is 0.103. The lowest BCUT2D eigenvalue weighted by atomic mass is 9.70. The molecule has 3 saturated carbocycles. The molecule has 24 heteroatoms. The van der Waals surface area contributed by atoms with E-state index in [9.17, 15) is 30.0 Å². The monoisotopic (exact) mass is 1450 g/mol. The van der Waals surface area contributed by atoms with Crippen molar-refractivity contribution in [3.63, 3.8) is 0 Å². The maximum absolute atomic E-state index is 13.6. The number of ketones is 1. The molecule has 3 fully saturated rings. The fourth-order valence-corrected chi connectivity index (χ4v) is 21.1. The molecule has 21 nitrogen and oxygen atoms in total. The van der Waals surface area contributed by atoms with Crippen LogP contribution in [0.2, 0.25) is 0 Å². The minimum absolute atomic E-state index is 0.211. The van der Waals surface area contributed by atoms with Crippen LogP contribution in [0.15, 0.2) is 216 Å². The fourth-order valence-electron chi connectivity index (χ4n) is 17.1. The second-order valence-corrected chi connectivity index (χ2v) is 34.5. The number of hydrogen-bond donors (Lipinski definition) is 2. The van der Waals surface area contributed by atoms with Crippen LogP contribution >= 0.6 is 0 Å². The highest BCUT2D eigenvalue weighted by atomic mass is 32.2. The molecule has 0 amide bonds. The van der Waals surface area contributed by atoms with E-state index in [2.05, 4.69) is 75.4 Å². The van der Waals surface area contributed by atoms with Gasteiger partial charge in [-0.25, -0.2) is 52.1 Å². The lowest BCUT2D eigenvalue weighted by Gasteiger charge is -2.38. The summed E-state index contributed by atoms with van der Waals surface area (Å²) in [5, 5.41) is 22.2. The van der Waals surface area contributed by atoms with Gasteiger partial charge in [-0.3, -0.25) is 18.8 Å². The number of aryl methyl sites for hydroxylation is 3. The van der Waals surface area contributed by atoms with Crippen LogP contribution < -0.4 is 10.6 Å². The van der Waals surface area contributed by atoms with Gasteiger partial charge in [0.2, 0.25) is 0 Å². The average molecular weight is 1450 g/mol. The van der Waals surface area contributed by atoms with Crippen molar-refractivity contribution in [3.8, 4) is 33.4 Å².